The van der Waals surface area contributed by atoms with E-state index in [4.69, 9.17) is 18.9 Å². The maximum atomic E-state index is 13.3. The zero-order valence-electron chi connectivity index (χ0n) is 15.5. The highest BCUT2D eigenvalue weighted by Crippen LogP contribution is 2.32. The van der Waals surface area contributed by atoms with Gasteiger partial charge < -0.3 is 18.9 Å². The standard InChI is InChI=1S/C21H24O6S/c22-28(23,17-9-5-2-6-10-17)21-19(25-13-16-7-3-1-4-8-16)12-11-18-20(27-21)14-24-15-26-18/h1-10,18-21H,11-15H2/t18-,19-,20+,21-/m0/s1. The van der Waals surface area contributed by atoms with Crippen molar-refractivity contribution in [2.45, 2.75) is 48.1 Å². The van der Waals surface area contributed by atoms with Gasteiger partial charge in [0.25, 0.3) is 0 Å². The van der Waals surface area contributed by atoms with Crippen LogP contribution in [0, 0.1) is 0 Å². The normalized spacial score (nSPS) is 28.3. The number of hydrogen-bond donors (Lipinski definition) is 0. The van der Waals surface area contributed by atoms with Crippen LogP contribution in [-0.4, -0.2) is 45.6 Å². The summed E-state index contributed by atoms with van der Waals surface area (Å²) in [7, 11) is -3.75. The van der Waals surface area contributed by atoms with Crippen LogP contribution in [0.2, 0.25) is 0 Å². The molecule has 0 amide bonds. The molecule has 2 aliphatic heterocycles. The van der Waals surface area contributed by atoms with E-state index in [1.807, 2.05) is 30.3 Å². The predicted octanol–water partition coefficient (Wildman–Crippen LogP) is 2.92. The SMILES string of the molecule is O=S(=O)(c1ccccc1)[C@@H]1O[C@@H]2COCO[C@H]2CC[C@@H]1OCc1ccccc1. The van der Waals surface area contributed by atoms with Crippen molar-refractivity contribution in [1.82, 2.24) is 0 Å². The Morgan fingerprint density at radius 2 is 1.64 bits per heavy atom. The summed E-state index contributed by atoms with van der Waals surface area (Å²) in [5.41, 5.74) is -0.126. The summed E-state index contributed by atoms with van der Waals surface area (Å²) >= 11 is 0. The van der Waals surface area contributed by atoms with E-state index in [9.17, 15) is 8.42 Å². The van der Waals surface area contributed by atoms with E-state index in [1.165, 1.54) is 0 Å². The van der Waals surface area contributed by atoms with Crippen LogP contribution in [-0.2, 0) is 35.4 Å². The third-order valence-electron chi connectivity index (χ3n) is 5.09. The Bertz CT molecular complexity index is 855. The topological polar surface area (TPSA) is 71.1 Å². The summed E-state index contributed by atoms with van der Waals surface area (Å²) in [6.45, 7) is 0.843. The van der Waals surface area contributed by atoms with Crippen molar-refractivity contribution in [3.63, 3.8) is 0 Å². The summed E-state index contributed by atoms with van der Waals surface area (Å²) in [6.07, 6.45) is -0.0197. The van der Waals surface area contributed by atoms with Gasteiger partial charge in [0.15, 0.2) is 5.44 Å². The first-order valence-electron chi connectivity index (χ1n) is 9.44. The monoisotopic (exact) mass is 404 g/mol. The van der Waals surface area contributed by atoms with E-state index in [2.05, 4.69) is 0 Å². The minimum Gasteiger partial charge on any atom is -0.370 e. The minimum absolute atomic E-state index is 0.187. The molecule has 2 heterocycles. The third-order valence-corrected chi connectivity index (χ3v) is 7.05. The number of sulfone groups is 1. The quantitative estimate of drug-likeness (QED) is 0.763. The Labute approximate surface area is 165 Å². The van der Waals surface area contributed by atoms with Gasteiger partial charge in [-0.3, -0.25) is 0 Å². The average molecular weight is 404 g/mol. The van der Waals surface area contributed by atoms with Crippen molar-refractivity contribution in [3.8, 4) is 0 Å². The van der Waals surface area contributed by atoms with Crippen LogP contribution in [0.1, 0.15) is 18.4 Å². The van der Waals surface area contributed by atoms with Crippen molar-refractivity contribution >= 4 is 9.84 Å². The summed E-state index contributed by atoms with van der Waals surface area (Å²) in [4.78, 5) is 0.226. The molecule has 0 aromatic heterocycles. The van der Waals surface area contributed by atoms with Crippen molar-refractivity contribution in [3.05, 3.63) is 66.2 Å². The number of ether oxygens (including phenoxy) is 4. The van der Waals surface area contributed by atoms with Gasteiger partial charge >= 0.3 is 0 Å². The maximum absolute atomic E-state index is 13.3. The molecule has 4 rings (SSSR count). The van der Waals surface area contributed by atoms with Gasteiger partial charge in [-0.05, 0) is 30.5 Å². The number of benzene rings is 2. The van der Waals surface area contributed by atoms with Crippen molar-refractivity contribution < 1.29 is 27.4 Å². The molecule has 2 fully saturated rings. The molecule has 0 radical (unpaired) electrons. The Morgan fingerprint density at radius 1 is 0.929 bits per heavy atom. The third kappa shape index (κ3) is 4.29. The number of hydrogen-bond acceptors (Lipinski definition) is 6. The second-order valence-electron chi connectivity index (χ2n) is 7.01. The van der Waals surface area contributed by atoms with Crippen LogP contribution in [0.25, 0.3) is 0 Å². The van der Waals surface area contributed by atoms with Gasteiger partial charge in [-0.15, -0.1) is 0 Å². The van der Waals surface area contributed by atoms with E-state index >= 15 is 0 Å². The Kier molecular flexibility index (Phi) is 6.08. The summed E-state index contributed by atoms with van der Waals surface area (Å²) in [5, 5.41) is 0. The van der Waals surface area contributed by atoms with Crippen molar-refractivity contribution in [1.29, 1.82) is 0 Å². The Balaban J connectivity index is 1.60. The van der Waals surface area contributed by atoms with E-state index in [0.29, 0.717) is 26.1 Å². The molecule has 2 aromatic rings. The zero-order valence-corrected chi connectivity index (χ0v) is 16.3. The summed E-state index contributed by atoms with van der Waals surface area (Å²) in [5.74, 6) is 0. The molecule has 7 heteroatoms. The van der Waals surface area contributed by atoms with Crippen LogP contribution >= 0.6 is 0 Å². The molecule has 2 saturated heterocycles. The first kappa shape index (κ1) is 19.5. The van der Waals surface area contributed by atoms with Crippen LogP contribution < -0.4 is 0 Å². The summed E-state index contributed by atoms with van der Waals surface area (Å²) in [6, 6.07) is 18.1. The Hall–Kier alpha value is -1.77. The molecule has 150 valence electrons. The molecule has 2 aromatic carbocycles. The molecule has 0 spiro atoms. The second kappa shape index (κ2) is 8.71. The fourth-order valence-electron chi connectivity index (χ4n) is 3.59. The first-order chi connectivity index (χ1) is 13.6. The lowest BCUT2D eigenvalue weighted by Crippen LogP contribution is -2.44. The first-order valence-corrected chi connectivity index (χ1v) is 11.0. The average Bonchev–Trinajstić information content (AvgIpc) is 2.94. The van der Waals surface area contributed by atoms with Crippen LogP contribution in [0.3, 0.4) is 0 Å². The molecule has 0 bridgehead atoms. The molecule has 0 saturated carbocycles. The molecule has 28 heavy (non-hydrogen) atoms. The number of rotatable bonds is 5. The second-order valence-corrected chi connectivity index (χ2v) is 9.03. The molecular formula is C21H24O6S. The largest absolute Gasteiger partial charge is 0.370 e. The minimum atomic E-state index is -3.75. The van der Waals surface area contributed by atoms with Gasteiger partial charge in [-0.2, -0.15) is 0 Å². The fourth-order valence-corrected chi connectivity index (χ4v) is 5.30. The van der Waals surface area contributed by atoms with Gasteiger partial charge in [0, 0.05) is 0 Å². The molecular weight excluding hydrogens is 380 g/mol. The van der Waals surface area contributed by atoms with Crippen LogP contribution in [0.15, 0.2) is 65.6 Å². The lowest BCUT2D eigenvalue weighted by Gasteiger charge is -2.32. The van der Waals surface area contributed by atoms with Gasteiger partial charge in [-0.1, -0.05) is 48.5 Å². The predicted molar refractivity (Wildman–Crippen MR) is 102 cm³/mol. The van der Waals surface area contributed by atoms with Gasteiger partial charge in [-0.25, -0.2) is 8.42 Å². The molecule has 4 atom stereocenters. The van der Waals surface area contributed by atoms with Crippen LogP contribution in [0.5, 0.6) is 0 Å². The smallest absolute Gasteiger partial charge is 0.207 e. The zero-order chi connectivity index (χ0) is 19.4. The molecule has 0 aliphatic carbocycles. The van der Waals surface area contributed by atoms with E-state index in [-0.39, 0.29) is 17.8 Å². The summed E-state index contributed by atoms with van der Waals surface area (Å²) < 4.78 is 49.8. The lowest BCUT2D eigenvalue weighted by atomic mass is 10.1. The highest BCUT2D eigenvalue weighted by Gasteiger charge is 2.44. The Morgan fingerprint density at radius 3 is 2.39 bits per heavy atom. The lowest BCUT2D eigenvalue weighted by molar-refractivity contribution is -0.210. The fraction of sp³-hybridized carbons (Fsp3) is 0.429. The van der Waals surface area contributed by atoms with Crippen molar-refractivity contribution in [2.24, 2.45) is 0 Å². The van der Waals surface area contributed by atoms with E-state index in [0.717, 1.165) is 5.56 Å². The molecule has 2 aliphatic rings. The molecule has 6 nitrogen and oxygen atoms in total. The molecule has 0 N–H and O–H groups in total. The maximum Gasteiger partial charge on any atom is 0.207 e. The van der Waals surface area contributed by atoms with Gasteiger partial charge in [0.2, 0.25) is 9.84 Å². The van der Waals surface area contributed by atoms with Crippen LogP contribution in [0.4, 0.5) is 0 Å². The van der Waals surface area contributed by atoms with E-state index < -0.39 is 27.5 Å². The molecule has 0 unspecified atom stereocenters. The van der Waals surface area contributed by atoms with E-state index in [1.54, 1.807) is 30.3 Å². The van der Waals surface area contributed by atoms with Gasteiger partial charge in [0.1, 0.15) is 12.9 Å². The van der Waals surface area contributed by atoms with Gasteiger partial charge in [0.05, 0.1) is 30.3 Å². The highest BCUT2D eigenvalue weighted by molar-refractivity contribution is 7.92. The number of fused-ring (bicyclic) bond motifs is 1. The van der Waals surface area contributed by atoms with Crippen molar-refractivity contribution in [2.75, 3.05) is 13.4 Å². The highest BCUT2D eigenvalue weighted by atomic mass is 32.2.